The molecule has 0 N–H and O–H groups in total. The van der Waals surface area contributed by atoms with E-state index in [1.54, 1.807) is 0 Å². The van der Waals surface area contributed by atoms with E-state index < -0.39 is 0 Å². The number of hydrogen-bond acceptors (Lipinski definition) is 4. The zero-order valence-corrected chi connectivity index (χ0v) is 23.1. The van der Waals surface area contributed by atoms with Crippen LogP contribution in [0.5, 0.6) is 0 Å². The fourth-order valence-corrected chi connectivity index (χ4v) is 6.27. The molecule has 9 aromatic rings. The van der Waals surface area contributed by atoms with Gasteiger partial charge in [-0.3, -0.25) is 4.98 Å². The van der Waals surface area contributed by atoms with Crippen LogP contribution in [0.1, 0.15) is 0 Å². The van der Waals surface area contributed by atoms with E-state index in [9.17, 15) is 0 Å². The standard InChI is InChI=1S/C39H24N2O2/c1-2-8-25(9-3-1)26-15-19-28(20-16-26)41(34-12-6-11-31-30-10-4-5-13-35(30)42-39(31)34)29-21-17-27-18-22-32-37-36(14-7-23-40-37)43-38(32)33(27)24-29/h1-24H. The molecule has 0 unspecified atom stereocenters. The summed E-state index contributed by atoms with van der Waals surface area (Å²) in [4.78, 5) is 6.88. The maximum atomic E-state index is 6.53. The predicted molar refractivity (Wildman–Crippen MR) is 176 cm³/mol. The van der Waals surface area contributed by atoms with E-state index >= 15 is 0 Å². The van der Waals surface area contributed by atoms with Gasteiger partial charge in [0.2, 0.25) is 0 Å². The van der Waals surface area contributed by atoms with Crippen LogP contribution in [-0.4, -0.2) is 4.98 Å². The molecule has 0 amide bonds. The molecule has 0 spiro atoms. The highest BCUT2D eigenvalue weighted by atomic mass is 16.3. The van der Waals surface area contributed by atoms with Gasteiger partial charge in [0.15, 0.2) is 11.2 Å². The van der Waals surface area contributed by atoms with Gasteiger partial charge in [-0.05, 0) is 71.1 Å². The van der Waals surface area contributed by atoms with E-state index in [1.807, 2.05) is 36.5 Å². The summed E-state index contributed by atoms with van der Waals surface area (Å²) >= 11 is 0. The summed E-state index contributed by atoms with van der Waals surface area (Å²) in [5.74, 6) is 0. The van der Waals surface area contributed by atoms with Gasteiger partial charge in [-0.15, -0.1) is 0 Å². The van der Waals surface area contributed by atoms with Gasteiger partial charge in [-0.1, -0.05) is 84.9 Å². The third-order valence-corrected chi connectivity index (χ3v) is 8.31. The number of furan rings is 2. The summed E-state index contributed by atoms with van der Waals surface area (Å²) < 4.78 is 12.9. The van der Waals surface area contributed by atoms with E-state index in [-0.39, 0.29) is 0 Å². The molecule has 3 heterocycles. The number of nitrogens with zero attached hydrogens (tertiary/aromatic N) is 2. The highest BCUT2D eigenvalue weighted by molar-refractivity contribution is 6.15. The minimum atomic E-state index is 0.788. The third kappa shape index (κ3) is 3.74. The molecule has 43 heavy (non-hydrogen) atoms. The van der Waals surface area contributed by atoms with Crippen molar-refractivity contribution < 1.29 is 8.83 Å². The molecular formula is C39H24N2O2. The fourth-order valence-electron chi connectivity index (χ4n) is 6.27. The van der Waals surface area contributed by atoms with Crippen molar-refractivity contribution in [3.63, 3.8) is 0 Å². The smallest absolute Gasteiger partial charge is 0.159 e. The van der Waals surface area contributed by atoms with E-state index in [0.717, 1.165) is 71.8 Å². The van der Waals surface area contributed by atoms with E-state index in [0.29, 0.717) is 0 Å². The molecule has 202 valence electrons. The van der Waals surface area contributed by atoms with Crippen LogP contribution in [-0.2, 0) is 0 Å². The van der Waals surface area contributed by atoms with Gasteiger partial charge in [0.05, 0.1) is 5.69 Å². The Hall–Kier alpha value is -5.87. The first-order valence-electron chi connectivity index (χ1n) is 14.4. The number of fused-ring (bicyclic) bond motifs is 8. The Balaban J connectivity index is 1.30. The van der Waals surface area contributed by atoms with Gasteiger partial charge in [-0.2, -0.15) is 0 Å². The van der Waals surface area contributed by atoms with Crippen molar-refractivity contribution in [3.8, 4) is 11.1 Å². The van der Waals surface area contributed by atoms with Crippen LogP contribution >= 0.6 is 0 Å². The Kier molecular flexibility index (Phi) is 5.16. The third-order valence-electron chi connectivity index (χ3n) is 8.31. The number of pyridine rings is 1. The number of hydrogen-bond donors (Lipinski definition) is 0. The summed E-state index contributed by atoms with van der Waals surface area (Å²) in [5.41, 5.74) is 9.60. The predicted octanol–water partition coefficient (Wildman–Crippen LogP) is 11.2. The molecule has 0 atom stereocenters. The quantitative estimate of drug-likeness (QED) is 0.218. The summed E-state index contributed by atoms with van der Waals surface area (Å²) in [5, 5.41) is 5.35. The first kappa shape index (κ1) is 23.8. The zero-order chi connectivity index (χ0) is 28.3. The number of aromatic nitrogens is 1. The van der Waals surface area contributed by atoms with Crippen LogP contribution in [0, 0.1) is 0 Å². The van der Waals surface area contributed by atoms with E-state index in [4.69, 9.17) is 8.83 Å². The van der Waals surface area contributed by atoms with Crippen LogP contribution in [0.25, 0.3) is 65.9 Å². The van der Waals surface area contributed by atoms with Gasteiger partial charge in [0, 0.05) is 39.1 Å². The monoisotopic (exact) mass is 552 g/mol. The lowest BCUT2D eigenvalue weighted by atomic mass is 10.0. The molecule has 9 rings (SSSR count). The first-order chi connectivity index (χ1) is 21.3. The van der Waals surface area contributed by atoms with Gasteiger partial charge < -0.3 is 13.7 Å². The summed E-state index contributed by atoms with van der Waals surface area (Å²) in [6.07, 6.45) is 1.81. The Morgan fingerprint density at radius 3 is 2.09 bits per heavy atom. The van der Waals surface area contributed by atoms with Crippen molar-refractivity contribution in [1.29, 1.82) is 0 Å². The normalized spacial score (nSPS) is 11.7. The van der Waals surface area contributed by atoms with Crippen LogP contribution in [0.4, 0.5) is 17.1 Å². The number of anilines is 3. The van der Waals surface area contributed by atoms with Crippen LogP contribution in [0.15, 0.2) is 155 Å². The molecule has 4 nitrogen and oxygen atoms in total. The number of para-hydroxylation sites is 2. The second-order valence-corrected chi connectivity index (χ2v) is 10.8. The maximum Gasteiger partial charge on any atom is 0.159 e. The minimum Gasteiger partial charge on any atom is -0.454 e. The van der Waals surface area contributed by atoms with Gasteiger partial charge >= 0.3 is 0 Å². The molecule has 0 saturated heterocycles. The van der Waals surface area contributed by atoms with Gasteiger partial charge in [-0.25, -0.2) is 0 Å². The summed E-state index contributed by atoms with van der Waals surface area (Å²) in [6, 6.07) is 48.4. The lowest BCUT2D eigenvalue weighted by molar-refractivity contribution is 0.669. The lowest BCUT2D eigenvalue weighted by Gasteiger charge is -2.26. The number of benzene rings is 6. The van der Waals surface area contributed by atoms with Gasteiger partial charge in [0.1, 0.15) is 16.7 Å². The molecule has 0 aliphatic rings. The molecule has 0 aliphatic heterocycles. The molecule has 0 saturated carbocycles. The number of rotatable bonds is 4. The Morgan fingerprint density at radius 1 is 0.465 bits per heavy atom. The van der Waals surface area contributed by atoms with E-state index in [2.05, 4.69) is 119 Å². The van der Waals surface area contributed by atoms with Crippen molar-refractivity contribution in [2.24, 2.45) is 0 Å². The van der Waals surface area contributed by atoms with Crippen molar-refractivity contribution >= 4 is 71.8 Å². The Labute approximate surface area is 247 Å². The molecule has 0 radical (unpaired) electrons. The highest BCUT2D eigenvalue weighted by Gasteiger charge is 2.20. The van der Waals surface area contributed by atoms with Crippen LogP contribution in [0.3, 0.4) is 0 Å². The molecule has 3 aromatic heterocycles. The second kappa shape index (κ2) is 9.33. The van der Waals surface area contributed by atoms with Crippen molar-refractivity contribution in [2.75, 3.05) is 4.90 Å². The molecule has 0 fully saturated rings. The summed E-state index contributed by atoms with van der Waals surface area (Å²) in [6.45, 7) is 0. The van der Waals surface area contributed by atoms with Crippen LogP contribution < -0.4 is 4.90 Å². The van der Waals surface area contributed by atoms with Crippen LogP contribution in [0.2, 0.25) is 0 Å². The van der Waals surface area contributed by atoms with Crippen molar-refractivity contribution in [2.45, 2.75) is 0 Å². The zero-order valence-electron chi connectivity index (χ0n) is 23.1. The summed E-state index contributed by atoms with van der Waals surface area (Å²) in [7, 11) is 0. The van der Waals surface area contributed by atoms with Crippen molar-refractivity contribution in [1.82, 2.24) is 4.98 Å². The fraction of sp³-hybridized carbons (Fsp3) is 0. The van der Waals surface area contributed by atoms with Gasteiger partial charge in [0.25, 0.3) is 0 Å². The van der Waals surface area contributed by atoms with E-state index in [1.165, 1.54) is 11.1 Å². The lowest BCUT2D eigenvalue weighted by Crippen LogP contribution is -2.10. The molecule has 6 aromatic carbocycles. The minimum absolute atomic E-state index is 0.788. The highest BCUT2D eigenvalue weighted by Crippen LogP contribution is 2.44. The Bertz CT molecular complexity index is 2450. The average molecular weight is 553 g/mol. The average Bonchev–Trinajstić information content (AvgIpc) is 3.65. The SMILES string of the molecule is c1ccc(-c2ccc(N(c3ccc4ccc5c6ncccc6oc5c4c3)c3cccc4c3oc3ccccc34)cc2)cc1. The topological polar surface area (TPSA) is 42.4 Å². The van der Waals surface area contributed by atoms with Crippen molar-refractivity contribution in [3.05, 3.63) is 146 Å². The first-order valence-corrected chi connectivity index (χ1v) is 14.4. The Morgan fingerprint density at radius 2 is 1.19 bits per heavy atom. The second-order valence-electron chi connectivity index (χ2n) is 10.8. The maximum absolute atomic E-state index is 6.53. The molecule has 0 bridgehead atoms. The molecular weight excluding hydrogens is 528 g/mol. The molecule has 4 heteroatoms. The largest absolute Gasteiger partial charge is 0.454 e. The molecule has 0 aliphatic carbocycles.